The predicted octanol–water partition coefficient (Wildman–Crippen LogP) is 6.08. The van der Waals surface area contributed by atoms with E-state index in [0.29, 0.717) is 38.9 Å². The minimum atomic E-state index is -0.372. The second-order valence-electron chi connectivity index (χ2n) is 9.05. The molecule has 0 bridgehead atoms. The predicted molar refractivity (Wildman–Crippen MR) is 147 cm³/mol. The van der Waals surface area contributed by atoms with Gasteiger partial charge in [-0.05, 0) is 82.7 Å². The second-order valence-corrected chi connectivity index (χ2v) is 11.5. The standard InChI is InChI=1S/C26H31ClN4O4S2/c1-5-31-21(13-34-17-10-11-19(27)16(4)12-17)29-30-26(31)36-14-22(32)28-24-23(25(33)35-15(2)3)18-8-6-7-9-20(18)37-24/h10-12,15H,5-9,13-14H2,1-4H3,(H,28,32). The molecule has 0 fully saturated rings. The van der Waals surface area contributed by atoms with Crippen LogP contribution in [0.2, 0.25) is 5.02 Å². The fourth-order valence-electron chi connectivity index (χ4n) is 4.14. The fraction of sp³-hybridized carbons (Fsp3) is 0.462. The molecular weight excluding hydrogens is 532 g/mol. The molecule has 0 atom stereocenters. The number of rotatable bonds is 10. The van der Waals surface area contributed by atoms with E-state index in [-0.39, 0.29) is 30.3 Å². The summed E-state index contributed by atoms with van der Waals surface area (Å²) >= 11 is 8.87. The zero-order valence-electron chi connectivity index (χ0n) is 21.4. The van der Waals surface area contributed by atoms with Gasteiger partial charge in [0.1, 0.15) is 17.4 Å². The first-order valence-electron chi connectivity index (χ1n) is 12.4. The maximum Gasteiger partial charge on any atom is 0.341 e. The van der Waals surface area contributed by atoms with Gasteiger partial charge in [-0.2, -0.15) is 0 Å². The van der Waals surface area contributed by atoms with Crippen molar-refractivity contribution in [3.05, 3.63) is 50.6 Å². The normalized spacial score (nSPS) is 12.9. The number of hydrogen-bond acceptors (Lipinski definition) is 8. The molecule has 4 rings (SSSR count). The van der Waals surface area contributed by atoms with Crippen molar-refractivity contribution >= 4 is 51.6 Å². The maximum absolute atomic E-state index is 12.9. The number of fused-ring (bicyclic) bond motifs is 1. The molecule has 0 aliphatic heterocycles. The number of ether oxygens (including phenoxy) is 2. The van der Waals surface area contributed by atoms with E-state index in [1.54, 1.807) is 6.07 Å². The molecule has 0 saturated carbocycles. The third kappa shape index (κ3) is 6.66. The zero-order valence-corrected chi connectivity index (χ0v) is 23.8. The van der Waals surface area contributed by atoms with Crippen molar-refractivity contribution < 1.29 is 19.1 Å². The Kier molecular flexibility index (Phi) is 9.15. The minimum Gasteiger partial charge on any atom is -0.486 e. The molecule has 0 saturated heterocycles. The number of hydrogen-bond donors (Lipinski definition) is 1. The second kappa shape index (κ2) is 12.3. The summed E-state index contributed by atoms with van der Waals surface area (Å²) in [7, 11) is 0. The van der Waals surface area contributed by atoms with Crippen LogP contribution in [-0.2, 0) is 35.5 Å². The summed E-state index contributed by atoms with van der Waals surface area (Å²) < 4.78 is 13.3. The van der Waals surface area contributed by atoms with Gasteiger partial charge in [-0.3, -0.25) is 4.79 Å². The van der Waals surface area contributed by atoms with Gasteiger partial charge in [-0.1, -0.05) is 23.4 Å². The van der Waals surface area contributed by atoms with Crippen LogP contribution >= 0.6 is 34.7 Å². The first-order chi connectivity index (χ1) is 17.8. The number of nitrogens with one attached hydrogen (secondary N) is 1. The molecule has 0 spiro atoms. The van der Waals surface area contributed by atoms with Gasteiger partial charge < -0.3 is 19.4 Å². The van der Waals surface area contributed by atoms with Gasteiger partial charge >= 0.3 is 5.97 Å². The van der Waals surface area contributed by atoms with Gasteiger partial charge in [-0.15, -0.1) is 21.5 Å². The summed E-state index contributed by atoms with van der Waals surface area (Å²) in [6.07, 6.45) is 3.65. The van der Waals surface area contributed by atoms with Gasteiger partial charge in [0.2, 0.25) is 5.91 Å². The van der Waals surface area contributed by atoms with Gasteiger partial charge in [0.25, 0.3) is 0 Å². The number of thioether (sulfide) groups is 1. The molecule has 198 valence electrons. The van der Waals surface area contributed by atoms with E-state index in [4.69, 9.17) is 21.1 Å². The number of carbonyl (C=O) groups is 2. The average molecular weight is 563 g/mol. The lowest BCUT2D eigenvalue weighted by atomic mass is 9.95. The fourth-order valence-corrected chi connectivity index (χ4v) is 6.37. The number of esters is 1. The maximum atomic E-state index is 12.9. The van der Waals surface area contributed by atoms with Crippen LogP contribution in [0, 0.1) is 6.92 Å². The highest BCUT2D eigenvalue weighted by molar-refractivity contribution is 7.99. The largest absolute Gasteiger partial charge is 0.486 e. The van der Waals surface area contributed by atoms with E-state index in [1.165, 1.54) is 23.1 Å². The molecular formula is C26H31ClN4O4S2. The van der Waals surface area contributed by atoms with Crippen LogP contribution in [0.4, 0.5) is 5.00 Å². The van der Waals surface area contributed by atoms with Crippen molar-refractivity contribution in [3.8, 4) is 5.75 Å². The lowest BCUT2D eigenvalue weighted by Gasteiger charge is -2.14. The molecule has 1 amide bonds. The summed E-state index contributed by atoms with van der Waals surface area (Å²) in [5.74, 6) is 0.927. The van der Waals surface area contributed by atoms with Crippen LogP contribution in [0.5, 0.6) is 5.75 Å². The quantitative estimate of drug-likeness (QED) is 0.236. The van der Waals surface area contributed by atoms with Gasteiger partial charge in [0.15, 0.2) is 11.0 Å². The van der Waals surface area contributed by atoms with Crippen molar-refractivity contribution in [3.63, 3.8) is 0 Å². The van der Waals surface area contributed by atoms with E-state index in [1.807, 2.05) is 44.4 Å². The first-order valence-corrected chi connectivity index (χ1v) is 14.5. The number of carbonyl (C=O) groups excluding carboxylic acids is 2. The SMILES string of the molecule is CCn1c(COc2ccc(Cl)c(C)c2)nnc1SCC(=O)Nc1sc2c(c1C(=O)OC(C)C)CCCC2. The van der Waals surface area contributed by atoms with Gasteiger partial charge in [0.05, 0.1) is 17.4 Å². The molecule has 3 aromatic rings. The first kappa shape index (κ1) is 27.5. The number of benzene rings is 1. The Labute approximate surface area is 230 Å². The number of aryl methyl sites for hydroxylation is 2. The zero-order chi connectivity index (χ0) is 26.5. The van der Waals surface area contributed by atoms with E-state index < -0.39 is 0 Å². The highest BCUT2D eigenvalue weighted by Gasteiger charge is 2.28. The van der Waals surface area contributed by atoms with Gasteiger partial charge in [0, 0.05) is 16.4 Å². The van der Waals surface area contributed by atoms with Crippen LogP contribution in [-0.4, -0.2) is 38.5 Å². The van der Waals surface area contributed by atoms with Crippen LogP contribution in [0.1, 0.15) is 65.8 Å². The van der Waals surface area contributed by atoms with E-state index in [0.717, 1.165) is 41.7 Å². The third-order valence-electron chi connectivity index (χ3n) is 5.91. The lowest BCUT2D eigenvalue weighted by Crippen LogP contribution is -2.19. The van der Waals surface area contributed by atoms with Crippen molar-refractivity contribution in [2.75, 3.05) is 11.1 Å². The molecule has 0 unspecified atom stereocenters. The molecule has 1 N–H and O–H groups in total. The summed E-state index contributed by atoms with van der Waals surface area (Å²) in [4.78, 5) is 26.9. The topological polar surface area (TPSA) is 95.3 Å². The van der Waals surface area contributed by atoms with E-state index in [2.05, 4.69) is 15.5 Å². The Morgan fingerprint density at radius 1 is 1.24 bits per heavy atom. The minimum absolute atomic E-state index is 0.136. The van der Waals surface area contributed by atoms with Crippen molar-refractivity contribution in [2.24, 2.45) is 0 Å². The number of aromatic nitrogens is 3. The molecule has 0 radical (unpaired) electrons. The Balaban J connectivity index is 1.41. The number of anilines is 1. The molecule has 1 aromatic carbocycles. The Morgan fingerprint density at radius 3 is 2.76 bits per heavy atom. The molecule has 2 heterocycles. The highest BCUT2D eigenvalue weighted by Crippen LogP contribution is 2.39. The molecule has 1 aliphatic carbocycles. The molecule has 8 nitrogen and oxygen atoms in total. The Morgan fingerprint density at radius 2 is 2.03 bits per heavy atom. The molecule has 11 heteroatoms. The van der Waals surface area contributed by atoms with Crippen molar-refractivity contribution in [2.45, 2.75) is 77.8 Å². The number of amides is 1. The van der Waals surface area contributed by atoms with Crippen molar-refractivity contribution in [1.29, 1.82) is 0 Å². The molecule has 37 heavy (non-hydrogen) atoms. The van der Waals surface area contributed by atoms with Crippen LogP contribution in [0.25, 0.3) is 0 Å². The summed E-state index contributed by atoms with van der Waals surface area (Å²) in [6.45, 7) is 8.45. The van der Waals surface area contributed by atoms with Crippen LogP contribution in [0.15, 0.2) is 23.4 Å². The Hall–Kier alpha value is -2.56. The Bertz CT molecular complexity index is 1290. The summed E-state index contributed by atoms with van der Waals surface area (Å²) in [5, 5.41) is 13.4. The van der Waals surface area contributed by atoms with Gasteiger partial charge in [-0.25, -0.2) is 4.79 Å². The van der Waals surface area contributed by atoms with Crippen molar-refractivity contribution in [1.82, 2.24) is 14.8 Å². The van der Waals surface area contributed by atoms with E-state index in [9.17, 15) is 9.59 Å². The summed E-state index contributed by atoms with van der Waals surface area (Å²) in [6, 6.07) is 5.49. The third-order valence-corrected chi connectivity index (χ3v) is 8.51. The van der Waals surface area contributed by atoms with Crippen LogP contribution < -0.4 is 10.1 Å². The number of nitrogens with zero attached hydrogens (tertiary/aromatic N) is 3. The smallest absolute Gasteiger partial charge is 0.341 e. The molecule has 2 aromatic heterocycles. The summed E-state index contributed by atoms with van der Waals surface area (Å²) in [5.41, 5.74) is 2.47. The number of thiophene rings is 1. The highest BCUT2D eigenvalue weighted by atomic mass is 35.5. The average Bonchev–Trinajstić information content (AvgIpc) is 3.43. The van der Waals surface area contributed by atoms with Crippen LogP contribution in [0.3, 0.4) is 0 Å². The van der Waals surface area contributed by atoms with E-state index >= 15 is 0 Å². The lowest BCUT2D eigenvalue weighted by molar-refractivity contribution is -0.113. The molecule has 1 aliphatic rings. The number of halogens is 1. The monoisotopic (exact) mass is 562 g/mol.